The van der Waals surface area contributed by atoms with Gasteiger partial charge in [-0.05, 0) is 59.9 Å². The van der Waals surface area contributed by atoms with Crippen molar-refractivity contribution in [3.63, 3.8) is 0 Å². The van der Waals surface area contributed by atoms with Gasteiger partial charge in [0.15, 0.2) is 0 Å². The summed E-state index contributed by atoms with van der Waals surface area (Å²) in [6.07, 6.45) is 5.82. The van der Waals surface area contributed by atoms with Crippen molar-refractivity contribution < 1.29 is 13.2 Å². The average Bonchev–Trinajstić information content (AvgIpc) is 3.36. The molecule has 1 saturated heterocycles. The maximum absolute atomic E-state index is 13.1. The normalized spacial score (nSPS) is 27.6. The Morgan fingerprint density at radius 1 is 0.931 bits per heavy atom. The van der Waals surface area contributed by atoms with Crippen molar-refractivity contribution in [2.75, 3.05) is 26.2 Å². The van der Waals surface area contributed by atoms with Crippen LogP contribution in [0, 0.1) is 17.8 Å². The van der Waals surface area contributed by atoms with Crippen LogP contribution in [0.1, 0.15) is 32.1 Å². The predicted molar refractivity (Wildman–Crippen MR) is 113 cm³/mol. The van der Waals surface area contributed by atoms with Gasteiger partial charge in [-0.2, -0.15) is 4.31 Å². The Morgan fingerprint density at radius 3 is 2.38 bits per heavy atom. The van der Waals surface area contributed by atoms with Gasteiger partial charge >= 0.3 is 0 Å². The molecule has 2 aliphatic carbocycles. The van der Waals surface area contributed by atoms with Gasteiger partial charge in [0.1, 0.15) is 0 Å². The summed E-state index contributed by atoms with van der Waals surface area (Å²) >= 11 is 0. The average molecular weight is 413 g/mol. The second kappa shape index (κ2) is 7.40. The molecular weight excluding hydrogens is 384 g/mol. The zero-order valence-electron chi connectivity index (χ0n) is 16.7. The highest BCUT2D eigenvalue weighted by Gasteiger charge is 2.41. The molecule has 3 fully saturated rings. The molecule has 0 spiro atoms. The summed E-state index contributed by atoms with van der Waals surface area (Å²) in [6.45, 7) is 1.73. The zero-order valence-corrected chi connectivity index (χ0v) is 17.5. The number of nitrogens with zero attached hydrogens (tertiary/aromatic N) is 2. The monoisotopic (exact) mass is 412 g/mol. The van der Waals surface area contributed by atoms with Gasteiger partial charge in [-0.3, -0.25) is 4.79 Å². The first kappa shape index (κ1) is 19.1. The Kier molecular flexibility index (Phi) is 4.87. The second-order valence-electron chi connectivity index (χ2n) is 8.93. The Morgan fingerprint density at radius 2 is 1.69 bits per heavy atom. The molecule has 1 aliphatic heterocycles. The van der Waals surface area contributed by atoms with Crippen LogP contribution < -0.4 is 0 Å². The molecule has 0 aromatic heterocycles. The van der Waals surface area contributed by atoms with E-state index < -0.39 is 10.0 Å². The Balaban J connectivity index is 1.22. The standard InChI is InChI=1S/C23H28N2O3S/c26-23(16-21-14-17-5-6-20(21)13-17)24-9-11-25(12-10-24)29(27,28)22-8-7-18-3-1-2-4-19(18)15-22/h1-4,7-8,15,17,20-21H,5-6,9-14,16H2/t17-,20+,21-/m0/s1. The van der Waals surface area contributed by atoms with Crippen LogP contribution in [0.15, 0.2) is 47.4 Å². The second-order valence-corrected chi connectivity index (χ2v) is 10.9. The van der Waals surface area contributed by atoms with E-state index in [1.54, 1.807) is 12.1 Å². The lowest BCUT2D eigenvalue weighted by atomic mass is 9.86. The van der Waals surface area contributed by atoms with Crippen LogP contribution in [-0.2, 0) is 14.8 Å². The largest absolute Gasteiger partial charge is 0.340 e. The summed E-state index contributed by atoms with van der Waals surface area (Å²) in [4.78, 5) is 15.0. The lowest BCUT2D eigenvalue weighted by Gasteiger charge is -2.35. The number of carbonyl (C=O) groups excluding carboxylic acids is 1. The van der Waals surface area contributed by atoms with Crippen LogP contribution in [0.25, 0.3) is 10.8 Å². The van der Waals surface area contributed by atoms with Gasteiger partial charge in [-0.25, -0.2) is 8.42 Å². The Bertz CT molecular complexity index is 1030. The number of hydrogen-bond acceptors (Lipinski definition) is 3. The molecule has 3 atom stereocenters. The van der Waals surface area contributed by atoms with E-state index in [0.29, 0.717) is 43.4 Å². The summed E-state index contributed by atoms with van der Waals surface area (Å²) < 4.78 is 27.7. The van der Waals surface area contributed by atoms with Gasteiger partial charge in [0.25, 0.3) is 0 Å². The number of sulfonamides is 1. The van der Waals surface area contributed by atoms with E-state index in [0.717, 1.165) is 22.6 Å². The lowest BCUT2D eigenvalue weighted by molar-refractivity contribution is -0.133. The number of rotatable bonds is 4. The highest BCUT2D eigenvalue weighted by Crippen LogP contribution is 2.49. The molecule has 29 heavy (non-hydrogen) atoms. The fourth-order valence-corrected chi connectivity index (χ4v) is 7.09. The van der Waals surface area contributed by atoms with Crippen LogP contribution in [0.5, 0.6) is 0 Å². The van der Waals surface area contributed by atoms with E-state index in [9.17, 15) is 13.2 Å². The van der Waals surface area contributed by atoms with Gasteiger partial charge in [-0.1, -0.05) is 36.8 Å². The van der Waals surface area contributed by atoms with Crippen LogP contribution in [0.3, 0.4) is 0 Å². The van der Waals surface area contributed by atoms with Gasteiger partial charge in [-0.15, -0.1) is 0 Å². The van der Waals surface area contributed by atoms with E-state index in [1.807, 2.05) is 35.2 Å². The lowest BCUT2D eigenvalue weighted by Crippen LogP contribution is -2.50. The molecule has 0 unspecified atom stereocenters. The maximum Gasteiger partial charge on any atom is 0.243 e. The summed E-state index contributed by atoms with van der Waals surface area (Å²) in [5, 5.41) is 1.95. The highest BCUT2D eigenvalue weighted by atomic mass is 32.2. The molecule has 0 radical (unpaired) electrons. The van der Waals surface area contributed by atoms with Crippen molar-refractivity contribution in [3.05, 3.63) is 42.5 Å². The maximum atomic E-state index is 13.1. The molecule has 2 saturated carbocycles. The Hall–Kier alpha value is -1.92. The van der Waals surface area contributed by atoms with Gasteiger partial charge in [0, 0.05) is 32.6 Å². The smallest absolute Gasteiger partial charge is 0.243 e. The molecule has 6 heteroatoms. The first-order valence-corrected chi connectivity index (χ1v) is 12.2. The van der Waals surface area contributed by atoms with Crippen LogP contribution in [-0.4, -0.2) is 49.7 Å². The highest BCUT2D eigenvalue weighted by molar-refractivity contribution is 7.89. The first-order valence-electron chi connectivity index (χ1n) is 10.8. The van der Waals surface area contributed by atoms with E-state index in [2.05, 4.69) is 0 Å². The molecule has 1 amide bonds. The molecule has 3 aliphatic rings. The van der Waals surface area contributed by atoms with Crippen molar-refractivity contribution in [3.8, 4) is 0 Å². The first-order chi connectivity index (χ1) is 14.0. The van der Waals surface area contributed by atoms with Crippen molar-refractivity contribution >= 4 is 26.7 Å². The van der Waals surface area contributed by atoms with Crippen molar-refractivity contribution in [2.45, 2.75) is 37.0 Å². The number of fused-ring (bicyclic) bond motifs is 3. The number of piperazine rings is 1. The fourth-order valence-electron chi connectivity index (χ4n) is 5.63. The van der Waals surface area contributed by atoms with Gasteiger partial charge in [0.05, 0.1) is 4.90 Å². The topological polar surface area (TPSA) is 57.7 Å². The van der Waals surface area contributed by atoms with Crippen LogP contribution >= 0.6 is 0 Å². The molecular formula is C23H28N2O3S. The zero-order chi connectivity index (χ0) is 20.0. The van der Waals surface area contributed by atoms with Gasteiger partial charge in [0.2, 0.25) is 15.9 Å². The fraction of sp³-hybridized carbons (Fsp3) is 0.522. The third kappa shape index (κ3) is 3.57. The third-order valence-corrected chi connectivity index (χ3v) is 9.17. The number of hydrogen-bond donors (Lipinski definition) is 0. The summed E-state index contributed by atoms with van der Waals surface area (Å²) in [7, 11) is -3.54. The summed E-state index contributed by atoms with van der Waals surface area (Å²) in [6, 6.07) is 13.1. The Labute approximate surface area is 172 Å². The molecule has 5 nitrogen and oxygen atoms in total. The van der Waals surface area contributed by atoms with Crippen molar-refractivity contribution in [1.29, 1.82) is 0 Å². The minimum absolute atomic E-state index is 0.213. The predicted octanol–water partition coefficient (Wildman–Crippen LogP) is 3.50. The molecule has 1 heterocycles. The minimum Gasteiger partial charge on any atom is -0.340 e. The molecule has 2 aromatic carbocycles. The van der Waals surface area contributed by atoms with Crippen LogP contribution in [0.2, 0.25) is 0 Å². The quantitative estimate of drug-likeness (QED) is 0.772. The van der Waals surface area contributed by atoms with Crippen molar-refractivity contribution in [2.24, 2.45) is 17.8 Å². The molecule has 5 rings (SSSR count). The molecule has 154 valence electrons. The molecule has 2 aromatic rings. The van der Waals surface area contributed by atoms with E-state index in [-0.39, 0.29) is 5.91 Å². The number of amides is 1. The van der Waals surface area contributed by atoms with E-state index >= 15 is 0 Å². The summed E-state index contributed by atoms with van der Waals surface area (Å²) in [5.74, 6) is 2.37. The minimum atomic E-state index is -3.54. The summed E-state index contributed by atoms with van der Waals surface area (Å²) in [5.41, 5.74) is 0. The van der Waals surface area contributed by atoms with E-state index in [4.69, 9.17) is 0 Å². The number of benzene rings is 2. The van der Waals surface area contributed by atoms with Crippen LogP contribution in [0.4, 0.5) is 0 Å². The SMILES string of the molecule is O=C(C[C@@H]1C[C@H]2CC[C@@H]1C2)N1CCN(S(=O)(=O)c2ccc3ccccc3c2)CC1. The molecule has 2 bridgehead atoms. The van der Waals surface area contributed by atoms with Gasteiger partial charge < -0.3 is 4.90 Å². The van der Waals surface area contributed by atoms with E-state index in [1.165, 1.54) is 30.0 Å². The number of carbonyl (C=O) groups is 1. The van der Waals surface area contributed by atoms with Crippen molar-refractivity contribution in [1.82, 2.24) is 9.21 Å². The molecule has 0 N–H and O–H groups in total. The third-order valence-electron chi connectivity index (χ3n) is 7.27.